The summed E-state index contributed by atoms with van der Waals surface area (Å²) >= 11 is 0. The van der Waals surface area contributed by atoms with Gasteiger partial charge in [0.1, 0.15) is 0 Å². The minimum atomic E-state index is -0.914. The summed E-state index contributed by atoms with van der Waals surface area (Å²) in [6, 6.07) is -0.251. The molecular formula is C11H20N2O3. The minimum absolute atomic E-state index is 0.140. The maximum absolute atomic E-state index is 11.6. The molecule has 1 atom stereocenters. The number of hydrogen-bond acceptors (Lipinski definition) is 2. The van der Waals surface area contributed by atoms with E-state index in [4.69, 9.17) is 5.11 Å². The van der Waals surface area contributed by atoms with Gasteiger partial charge in [-0.25, -0.2) is 4.79 Å². The topological polar surface area (TPSA) is 69.6 Å². The molecule has 0 bridgehead atoms. The van der Waals surface area contributed by atoms with E-state index in [1.807, 2.05) is 13.8 Å². The second kappa shape index (κ2) is 6.87. The SMILES string of the molecule is C=C(C)CN(CC)C(=O)NCC(C)C(=O)O. The maximum atomic E-state index is 11.6. The highest BCUT2D eigenvalue weighted by Crippen LogP contribution is 1.97. The second-order valence-corrected chi connectivity index (χ2v) is 3.90. The van der Waals surface area contributed by atoms with Crippen molar-refractivity contribution in [3.05, 3.63) is 12.2 Å². The minimum Gasteiger partial charge on any atom is -0.481 e. The van der Waals surface area contributed by atoms with Gasteiger partial charge in [-0.3, -0.25) is 4.79 Å². The van der Waals surface area contributed by atoms with Gasteiger partial charge in [0.05, 0.1) is 5.92 Å². The van der Waals surface area contributed by atoms with Crippen LogP contribution in [0.15, 0.2) is 12.2 Å². The summed E-state index contributed by atoms with van der Waals surface area (Å²) in [6.45, 7) is 10.2. The third-order valence-electron chi connectivity index (χ3n) is 2.11. The largest absolute Gasteiger partial charge is 0.481 e. The predicted octanol–water partition coefficient (Wildman–Crippen LogP) is 1.31. The Morgan fingerprint density at radius 1 is 1.50 bits per heavy atom. The number of carboxylic acid groups (broad SMARTS) is 1. The first-order valence-corrected chi connectivity index (χ1v) is 5.28. The standard InChI is InChI=1S/C11H20N2O3/c1-5-13(7-8(2)3)11(16)12-6-9(4)10(14)15/h9H,2,5-7H2,1,3-4H3,(H,12,16)(H,14,15). The first kappa shape index (κ1) is 14.5. The van der Waals surface area contributed by atoms with E-state index in [1.54, 1.807) is 11.8 Å². The van der Waals surface area contributed by atoms with Gasteiger partial charge in [0.15, 0.2) is 0 Å². The van der Waals surface area contributed by atoms with Crippen LogP contribution in [0.1, 0.15) is 20.8 Å². The number of urea groups is 1. The average Bonchev–Trinajstić information content (AvgIpc) is 2.21. The van der Waals surface area contributed by atoms with Gasteiger partial charge in [-0.15, -0.1) is 0 Å². The molecule has 0 fully saturated rings. The number of likely N-dealkylation sites (N-methyl/N-ethyl adjacent to an activating group) is 1. The molecule has 0 aliphatic rings. The van der Waals surface area contributed by atoms with Gasteiger partial charge in [-0.1, -0.05) is 19.1 Å². The molecule has 0 saturated carbocycles. The predicted molar refractivity (Wildman–Crippen MR) is 62.3 cm³/mol. The van der Waals surface area contributed by atoms with E-state index in [0.717, 1.165) is 5.57 Å². The molecule has 0 aromatic rings. The quantitative estimate of drug-likeness (QED) is 0.673. The van der Waals surface area contributed by atoms with Crippen LogP contribution in [0.2, 0.25) is 0 Å². The highest BCUT2D eigenvalue weighted by molar-refractivity contribution is 5.76. The molecule has 0 spiro atoms. The second-order valence-electron chi connectivity index (χ2n) is 3.90. The Bertz CT molecular complexity index is 276. The average molecular weight is 228 g/mol. The normalized spacial score (nSPS) is 11.7. The molecule has 92 valence electrons. The number of nitrogens with one attached hydrogen (secondary N) is 1. The van der Waals surface area contributed by atoms with Crippen LogP contribution in [-0.2, 0) is 4.79 Å². The Hall–Kier alpha value is -1.52. The molecule has 0 aliphatic carbocycles. The van der Waals surface area contributed by atoms with Gasteiger partial charge in [0.25, 0.3) is 0 Å². The van der Waals surface area contributed by atoms with Crippen LogP contribution in [0.3, 0.4) is 0 Å². The Morgan fingerprint density at radius 2 is 2.06 bits per heavy atom. The van der Waals surface area contributed by atoms with Crippen molar-refractivity contribution in [2.75, 3.05) is 19.6 Å². The molecular weight excluding hydrogens is 208 g/mol. The lowest BCUT2D eigenvalue weighted by Gasteiger charge is -2.22. The fourth-order valence-electron chi connectivity index (χ4n) is 1.09. The van der Waals surface area contributed by atoms with Crippen molar-refractivity contribution < 1.29 is 14.7 Å². The molecule has 0 rings (SSSR count). The van der Waals surface area contributed by atoms with Crippen LogP contribution in [-0.4, -0.2) is 41.6 Å². The third kappa shape index (κ3) is 5.38. The molecule has 0 aromatic carbocycles. The smallest absolute Gasteiger partial charge is 0.317 e. The van der Waals surface area contributed by atoms with Gasteiger partial charge < -0.3 is 15.3 Å². The summed E-state index contributed by atoms with van der Waals surface area (Å²) in [6.07, 6.45) is 0. The summed E-state index contributed by atoms with van der Waals surface area (Å²) in [4.78, 5) is 23.7. The molecule has 0 radical (unpaired) electrons. The van der Waals surface area contributed by atoms with Crippen molar-refractivity contribution in [1.82, 2.24) is 10.2 Å². The Labute approximate surface area is 96.1 Å². The van der Waals surface area contributed by atoms with E-state index in [1.165, 1.54) is 0 Å². The molecule has 5 nitrogen and oxygen atoms in total. The molecule has 0 aromatic heterocycles. The monoisotopic (exact) mass is 228 g/mol. The summed E-state index contributed by atoms with van der Waals surface area (Å²) in [7, 11) is 0. The Morgan fingerprint density at radius 3 is 2.44 bits per heavy atom. The van der Waals surface area contributed by atoms with Crippen LogP contribution < -0.4 is 5.32 Å². The number of carbonyl (C=O) groups is 2. The molecule has 2 N–H and O–H groups in total. The zero-order valence-electron chi connectivity index (χ0n) is 10.1. The number of carbonyl (C=O) groups excluding carboxylic acids is 1. The summed E-state index contributed by atoms with van der Waals surface area (Å²) in [5.74, 6) is -1.49. The fourth-order valence-corrected chi connectivity index (χ4v) is 1.09. The van der Waals surface area contributed by atoms with Gasteiger partial charge >= 0.3 is 12.0 Å². The number of aliphatic carboxylic acids is 1. The van der Waals surface area contributed by atoms with Crippen molar-refractivity contribution in [3.63, 3.8) is 0 Å². The Kier molecular flexibility index (Phi) is 6.22. The molecule has 16 heavy (non-hydrogen) atoms. The van der Waals surface area contributed by atoms with Crippen LogP contribution in [0, 0.1) is 5.92 Å². The first-order chi connectivity index (χ1) is 7.38. The lowest BCUT2D eigenvalue weighted by Crippen LogP contribution is -2.43. The number of amides is 2. The van der Waals surface area contributed by atoms with E-state index in [-0.39, 0.29) is 12.6 Å². The van der Waals surface area contributed by atoms with Gasteiger partial charge in [-0.05, 0) is 13.8 Å². The van der Waals surface area contributed by atoms with Gasteiger partial charge in [0, 0.05) is 19.6 Å². The van der Waals surface area contributed by atoms with Crippen molar-refractivity contribution in [2.24, 2.45) is 5.92 Å². The third-order valence-corrected chi connectivity index (χ3v) is 2.11. The van der Waals surface area contributed by atoms with Gasteiger partial charge in [0.2, 0.25) is 0 Å². The van der Waals surface area contributed by atoms with Gasteiger partial charge in [-0.2, -0.15) is 0 Å². The zero-order valence-corrected chi connectivity index (χ0v) is 10.1. The summed E-state index contributed by atoms with van der Waals surface area (Å²) < 4.78 is 0. The summed E-state index contributed by atoms with van der Waals surface area (Å²) in [5, 5.41) is 11.2. The fraction of sp³-hybridized carbons (Fsp3) is 0.636. The highest BCUT2D eigenvalue weighted by Gasteiger charge is 2.15. The van der Waals surface area contributed by atoms with Crippen molar-refractivity contribution in [2.45, 2.75) is 20.8 Å². The molecule has 2 amide bonds. The van der Waals surface area contributed by atoms with Crippen molar-refractivity contribution >= 4 is 12.0 Å². The number of hydrogen-bond donors (Lipinski definition) is 2. The van der Waals surface area contributed by atoms with Crippen LogP contribution in [0.25, 0.3) is 0 Å². The molecule has 0 aliphatic heterocycles. The summed E-state index contributed by atoms with van der Waals surface area (Å²) in [5.41, 5.74) is 0.892. The maximum Gasteiger partial charge on any atom is 0.317 e. The van der Waals surface area contributed by atoms with Crippen molar-refractivity contribution in [3.8, 4) is 0 Å². The molecule has 5 heteroatoms. The molecule has 1 unspecified atom stereocenters. The highest BCUT2D eigenvalue weighted by atomic mass is 16.4. The van der Waals surface area contributed by atoms with E-state index in [9.17, 15) is 9.59 Å². The van der Waals surface area contributed by atoms with E-state index >= 15 is 0 Å². The number of nitrogens with zero attached hydrogens (tertiary/aromatic N) is 1. The molecule has 0 saturated heterocycles. The Balaban J connectivity index is 4.12. The van der Waals surface area contributed by atoms with Crippen LogP contribution in [0.5, 0.6) is 0 Å². The lowest BCUT2D eigenvalue weighted by molar-refractivity contribution is -0.140. The number of carboxylic acids is 1. The number of rotatable bonds is 6. The van der Waals surface area contributed by atoms with E-state index in [0.29, 0.717) is 13.1 Å². The van der Waals surface area contributed by atoms with Crippen LogP contribution in [0.4, 0.5) is 4.79 Å². The lowest BCUT2D eigenvalue weighted by atomic mass is 10.2. The zero-order chi connectivity index (χ0) is 12.7. The van der Waals surface area contributed by atoms with Crippen molar-refractivity contribution in [1.29, 1.82) is 0 Å². The van der Waals surface area contributed by atoms with E-state index < -0.39 is 11.9 Å². The van der Waals surface area contributed by atoms with E-state index in [2.05, 4.69) is 11.9 Å². The van der Waals surface area contributed by atoms with Crippen LogP contribution >= 0.6 is 0 Å². The first-order valence-electron chi connectivity index (χ1n) is 5.28. The molecule has 0 heterocycles.